The van der Waals surface area contributed by atoms with Crippen LogP contribution in [-0.4, -0.2) is 15.8 Å². The lowest BCUT2D eigenvalue weighted by Gasteiger charge is -2.33. The molecule has 1 heterocycles. The van der Waals surface area contributed by atoms with Gasteiger partial charge in [0, 0.05) is 19.0 Å². The van der Waals surface area contributed by atoms with Gasteiger partial charge in [-0.15, -0.1) is 0 Å². The summed E-state index contributed by atoms with van der Waals surface area (Å²) in [6.45, 7) is 7.22. The SMILES string of the molecule is CCC1CCC(C(Cc2c(Cl)c(C)nn2CC)NN)CC1. The second-order valence-corrected chi connectivity index (χ2v) is 6.71. The van der Waals surface area contributed by atoms with Gasteiger partial charge in [-0.1, -0.05) is 37.8 Å². The molecule has 1 saturated carbocycles. The van der Waals surface area contributed by atoms with Gasteiger partial charge in [0.05, 0.1) is 16.4 Å². The maximum Gasteiger partial charge on any atom is 0.0847 e. The van der Waals surface area contributed by atoms with Crippen molar-refractivity contribution >= 4 is 11.6 Å². The van der Waals surface area contributed by atoms with Gasteiger partial charge in [-0.3, -0.25) is 16.0 Å². The van der Waals surface area contributed by atoms with Crippen LogP contribution in [0.4, 0.5) is 0 Å². The molecule has 0 amide bonds. The van der Waals surface area contributed by atoms with Crippen molar-refractivity contribution in [1.82, 2.24) is 15.2 Å². The monoisotopic (exact) mass is 312 g/mol. The Hall–Kier alpha value is -0.580. The Morgan fingerprint density at radius 2 is 2.00 bits per heavy atom. The molecule has 0 spiro atoms. The van der Waals surface area contributed by atoms with Gasteiger partial charge < -0.3 is 0 Å². The fourth-order valence-electron chi connectivity index (χ4n) is 3.63. The van der Waals surface area contributed by atoms with Crippen molar-refractivity contribution in [2.24, 2.45) is 17.7 Å². The number of aryl methyl sites for hydroxylation is 2. The lowest BCUT2D eigenvalue weighted by molar-refractivity contribution is 0.215. The molecular formula is C16H29ClN4. The number of hydrogen-bond donors (Lipinski definition) is 2. The summed E-state index contributed by atoms with van der Waals surface area (Å²) in [6.07, 6.45) is 7.37. The van der Waals surface area contributed by atoms with E-state index in [1.54, 1.807) is 0 Å². The van der Waals surface area contributed by atoms with Crippen LogP contribution in [-0.2, 0) is 13.0 Å². The number of rotatable bonds is 6. The van der Waals surface area contributed by atoms with E-state index in [0.717, 1.165) is 35.3 Å². The van der Waals surface area contributed by atoms with E-state index in [1.807, 2.05) is 11.6 Å². The van der Waals surface area contributed by atoms with Crippen LogP contribution in [0.25, 0.3) is 0 Å². The number of nitrogens with one attached hydrogen (secondary N) is 1. The molecule has 0 saturated heterocycles. The Morgan fingerprint density at radius 3 is 2.52 bits per heavy atom. The fourth-order valence-corrected chi connectivity index (χ4v) is 3.85. The van der Waals surface area contributed by atoms with E-state index in [-0.39, 0.29) is 0 Å². The number of hydrogen-bond acceptors (Lipinski definition) is 3. The summed E-state index contributed by atoms with van der Waals surface area (Å²) in [4.78, 5) is 0. The molecule has 2 rings (SSSR count). The molecule has 5 heteroatoms. The third-order valence-corrected chi connectivity index (χ3v) is 5.61. The molecule has 1 aromatic rings. The molecule has 120 valence electrons. The maximum atomic E-state index is 6.43. The van der Waals surface area contributed by atoms with Crippen LogP contribution >= 0.6 is 11.6 Å². The minimum atomic E-state index is 0.293. The standard InChI is InChI=1S/C16H29ClN4/c1-4-12-6-8-13(9-7-12)14(19-18)10-15-16(17)11(3)20-21(15)5-2/h12-14,19H,4-10,18H2,1-3H3. The minimum Gasteiger partial charge on any atom is -0.271 e. The van der Waals surface area contributed by atoms with Crippen LogP contribution in [0.2, 0.25) is 5.02 Å². The molecule has 3 N–H and O–H groups in total. The first-order chi connectivity index (χ1) is 10.1. The summed E-state index contributed by atoms with van der Waals surface area (Å²) in [5, 5.41) is 5.31. The molecule has 0 radical (unpaired) electrons. The molecule has 1 fully saturated rings. The lowest BCUT2D eigenvalue weighted by Crippen LogP contribution is -2.44. The van der Waals surface area contributed by atoms with Crippen molar-refractivity contribution in [3.8, 4) is 0 Å². The average molecular weight is 313 g/mol. The van der Waals surface area contributed by atoms with Crippen molar-refractivity contribution < 1.29 is 0 Å². The van der Waals surface area contributed by atoms with Crippen LogP contribution in [0.15, 0.2) is 0 Å². The Bertz CT molecular complexity index is 449. The van der Waals surface area contributed by atoms with Crippen molar-refractivity contribution in [2.75, 3.05) is 0 Å². The summed E-state index contributed by atoms with van der Waals surface area (Å²) >= 11 is 6.43. The highest BCUT2D eigenvalue weighted by Gasteiger charge is 2.28. The zero-order valence-electron chi connectivity index (χ0n) is 13.5. The van der Waals surface area contributed by atoms with E-state index in [4.69, 9.17) is 17.4 Å². The van der Waals surface area contributed by atoms with Gasteiger partial charge in [0.15, 0.2) is 0 Å². The van der Waals surface area contributed by atoms with Gasteiger partial charge in [-0.25, -0.2) is 0 Å². The molecule has 21 heavy (non-hydrogen) atoms. The van der Waals surface area contributed by atoms with Crippen LogP contribution in [0.5, 0.6) is 0 Å². The topological polar surface area (TPSA) is 55.9 Å². The highest BCUT2D eigenvalue weighted by molar-refractivity contribution is 6.31. The second kappa shape index (κ2) is 7.61. The molecule has 0 aliphatic heterocycles. The van der Waals surface area contributed by atoms with E-state index in [9.17, 15) is 0 Å². The molecule has 1 atom stereocenters. The lowest BCUT2D eigenvalue weighted by atomic mass is 9.77. The van der Waals surface area contributed by atoms with Gasteiger partial charge in [0.1, 0.15) is 0 Å². The highest BCUT2D eigenvalue weighted by Crippen LogP contribution is 2.34. The van der Waals surface area contributed by atoms with Gasteiger partial charge in [0.2, 0.25) is 0 Å². The van der Waals surface area contributed by atoms with Gasteiger partial charge in [-0.05, 0) is 38.5 Å². The maximum absolute atomic E-state index is 6.43. The third kappa shape index (κ3) is 3.79. The Kier molecular flexibility index (Phi) is 6.08. The molecule has 0 aromatic carbocycles. The Morgan fingerprint density at radius 1 is 1.33 bits per heavy atom. The van der Waals surface area contributed by atoms with E-state index in [0.29, 0.717) is 12.0 Å². The molecule has 1 unspecified atom stereocenters. The Labute approximate surface area is 133 Å². The second-order valence-electron chi connectivity index (χ2n) is 6.33. The van der Waals surface area contributed by atoms with Crippen LogP contribution in [0.1, 0.15) is 57.3 Å². The molecular weight excluding hydrogens is 284 g/mol. The van der Waals surface area contributed by atoms with Crippen molar-refractivity contribution in [3.05, 3.63) is 16.4 Å². The zero-order chi connectivity index (χ0) is 15.4. The summed E-state index contributed by atoms with van der Waals surface area (Å²) in [5.41, 5.74) is 5.08. The molecule has 4 nitrogen and oxygen atoms in total. The quantitative estimate of drug-likeness (QED) is 0.625. The summed E-state index contributed by atoms with van der Waals surface area (Å²) in [7, 11) is 0. The summed E-state index contributed by atoms with van der Waals surface area (Å²) in [6, 6.07) is 0.293. The Balaban J connectivity index is 2.06. The minimum absolute atomic E-state index is 0.293. The molecule has 1 aromatic heterocycles. The van der Waals surface area contributed by atoms with Crippen LogP contribution < -0.4 is 11.3 Å². The first-order valence-electron chi connectivity index (χ1n) is 8.28. The van der Waals surface area contributed by atoms with Crippen molar-refractivity contribution in [3.63, 3.8) is 0 Å². The van der Waals surface area contributed by atoms with E-state index in [2.05, 4.69) is 24.4 Å². The largest absolute Gasteiger partial charge is 0.271 e. The molecule has 0 bridgehead atoms. The molecule has 1 aliphatic rings. The van der Waals surface area contributed by atoms with E-state index in [1.165, 1.54) is 32.1 Å². The number of halogens is 1. The number of aromatic nitrogens is 2. The van der Waals surface area contributed by atoms with Crippen LogP contribution in [0.3, 0.4) is 0 Å². The third-order valence-electron chi connectivity index (χ3n) is 5.12. The highest BCUT2D eigenvalue weighted by atomic mass is 35.5. The number of nitrogens with zero attached hydrogens (tertiary/aromatic N) is 2. The first-order valence-corrected chi connectivity index (χ1v) is 8.66. The normalized spacial score (nSPS) is 24.2. The molecule has 1 aliphatic carbocycles. The van der Waals surface area contributed by atoms with Crippen molar-refractivity contribution in [2.45, 2.75) is 71.9 Å². The van der Waals surface area contributed by atoms with Crippen molar-refractivity contribution in [1.29, 1.82) is 0 Å². The average Bonchev–Trinajstić information content (AvgIpc) is 2.80. The summed E-state index contributed by atoms with van der Waals surface area (Å²) in [5.74, 6) is 7.40. The smallest absolute Gasteiger partial charge is 0.0847 e. The van der Waals surface area contributed by atoms with Gasteiger partial charge in [-0.2, -0.15) is 5.10 Å². The van der Waals surface area contributed by atoms with Crippen LogP contribution in [0, 0.1) is 18.8 Å². The number of hydrazine groups is 1. The first kappa shape index (κ1) is 16.8. The zero-order valence-corrected chi connectivity index (χ0v) is 14.3. The fraction of sp³-hybridized carbons (Fsp3) is 0.812. The summed E-state index contributed by atoms with van der Waals surface area (Å²) < 4.78 is 2.01. The van der Waals surface area contributed by atoms with Gasteiger partial charge >= 0.3 is 0 Å². The van der Waals surface area contributed by atoms with Gasteiger partial charge in [0.25, 0.3) is 0 Å². The van der Waals surface area contributed by atoms with E-state index < -0.39 is 0 Å². The number of nitrogens with two attached hydrogens (primary N) is 1. The van der Waals surface area contributed by atoms with E-state index >= 15 is 0 Å². The predicted octanol–water partition coefficient (Wildman–Crippen LogP) is 3.46. The predicted molar refractivity (Wildman–Crippen MR) is 88.2 cm³/mol.